The molecule has 22 heavy (non-hydrogen) atoms. The number of carbonyl (C=O) groups is 2. The highest BCUT2D eigenvalue weighted by Crippen LogP contribution is 2.22. The molecule has 0 N–H and O–H groups in total. The maximum absolute atomic E-state index is 12.3. The van der Waals surface area contributed by atoms with E-state index in [1.165, 1.54) is 4.90 Å². The molecule has 0 bridgehead atoms. The van der Waals surface area contributed by atoms with E-state index in [2.05, 4.69) is 5.10 Å². The first-order valence-corrected chi connectivity index (χ1v) is 7.26. The average molecular weight is 298 g/mol. The van der Waals surface area contributed by atoms with Crippen LogP contribution in [0.2, 0.25) is 0 Å². The quantitative estimate of drug-likeness (QED) is 0.787. The Morgan fingerprint density at radius 1 is 1.09 bits per heavy atom. The smallest absolute Gasteiger partial charge is 0.262 e. The molecule has 2 heterocycles. The van der Waals surface area contributed by atoms with Crippen LogP contribution in [0.3, 0.4) is 0 Å². The predicted octanol–water partition coefficient (Wildman–Crippen LogP) is 1.59. The van der Waals surface area contributed by atoms with E-state index in [0.29, 0.717) is 17.7 Å². The van der Waals surface area contributed by atoms with Crippen LogP contribution < -0.4 is 0 Å². The van der Waals surface area contributed by atoms with Crippen molar-refractivity contribution in [2.24, 2.45) is 0 Å². The van der Waals surface area contributed by atoms with Crippen LogP contribution in [0.15, 0.2) is 36.5 Å². The molecule has 6 heteroatoms. The number of rotatable bonds is 5. The topological polar surface area (TPSA) is 58.4 Å². The molecule has 2 amide bonds. The normalized spacial score (nSPS) is 14.0. The molecule has 6 nitrogen and oxygen atoms in total. The van der Waals surface area contributed by atoms with Crippen LogP contribution in [0.5, 0.6) is 0 Å². The Labute approximate surface area is 128 Å². The number of hydrogen-bond donors (Lipinski definition) is 0. The highest BCUT2D eigenvalue weighted by Gasteiger charge is 2.35. The van der Waals surface area contributed by atoms with Crippen LogP contribution in [0.25, 0.3) is 0 Å². The van der Waals surface area contributed by atoms with Gasteiger partial charge in [0.25, 0.3) is 11.8 Å². The summed E-state index contributed by atoms with van der Waals surface area (Å²) >= 11 is 0. The second-order valence-corrected chi connectivity index (χ2v) is 5.38. The predicted molar refractivity (Wildman–Crippen MR) is 81.2 cm³/mol. The van der Waals surface area contributed by atoms with Gasteiger partial charge in [0.2, 0.25) is 0 Å². The summed E-state index contributed by atoms with van der Waals surface area (Å²) < 4.78 is 1.90. The zero-order chi connectivity index (χ0) is 15.7. The van der Waals surface area contributed by atoms with E-state index in [1.54, 1.807) is 30.5 Å². The number of aryl methyl sites for hydroxylation is 1. The van der Waals surface area contributed by atoms with E-state index in [1.807, 2.05) is 29.6 Å². The molecule has 3 rings (SSSR count). The molecule has 0 saturated heterocycles. The molecule has 1 aromatic heterocycles. The molecular weight excluding hydrogens is 280 g/mol. The number of benzene rings is 1. The van der Waals surface area contributed by atoms with Crippen molar-refractivity contribution in [3.05, 3.63) is 53.3 Å². The number of fused-ring (bicyclic) bond motifs is 1. The Morgan fingerprint density at radius 3 is 2.32 bits per heavy atom. The van der Waals surface area contributed by atoms with Gasteiger partial charge in [0.15, 0.2) is 0 Å². The Hall–Kier alpha value is -2.47. The van der Waals surface area contributed by atoms with Gasteiger partial charge in [0.1, 0.15) is 0 Å². The minimum atomic E-state index is -0.226. The first-order chi connectivity index (χ1) is 10.6. The van der Waals surface area contributed by atoms with E-state index >= 15 is 0 Å². The fourth-order valence-corrected chi connectivity index (χ4v) is 2.71. The minimum absolute atomic E-state index is 0.226. The Balaban J connectivity index is 1.72. The van der Waals surface area contributed by atoms with Crippen molar-refractivity contribution in [3.63, 3.8) is 0 Å². The summed E-state index contributed by atoms with van der Waals surface area (Å²) in [6.07, 6.45) is 1.76. The first kappa shape index (κ1) is 14.5. The van der Waals surface area contributed by atoms with Crippen LogP contribution in [-0.4, -0.2) is 45.1 Å². The molecule has 2 aromatic rings. The lowest BCUT2D eigenvalue weighted by Gasteiger charge is -2.23. The van der Waals surface area contributed by atoms with E-state index in [0.717, 1.165) is 12.2 Å². The number of imide groups is 1. The van der Waals surface area contributed by atoms with Crippen LogP contribution in [-0.2, 0) is 13.1 Å². The summed E-state index contributed by atoms with van der Waals surface area (Å²) in [6, 6.07) is 8.89. The van der Waals surface area contributed by atoms with Crippen molar-refractivity contribution in [2.45, 2.75) is 20.0 Å². The highest BCUT2D eigenvalue weighted by atomic mass is 16.2. The van der Waals surface area contributed by atoms with Crippen molar-refractivity contribution in [2.75, 3.05) is 13.7 Å². The van der Waals surface area contributed by atoms with Gasteiger partial charge >= 0.3 is 0 Å². The Bertz CT molecular complexity index is 687. The van der Waals surface area contributed by atoms with Crippen LogP contribution in [0, 0.1) is 0 Å². The average Bonchev–Trinajstić information content (AvgIpc) is 3.06. The summed E-state index contributed by atoms with van der Waals surface area (Å²) in [4.78, 5) is 27.9. The van der Waals surface area contributed by atoms with Gasteiger partial charge in [-0.25, -0.2) is 0 Å². The van der Waals surface area contributed by atoms with Gasteiger partial charge in [-0.05, 0) is 32.2 Å². The third-order valence-corrected chi connectivity index (χ3v) is 3.80. The first-order valence-electron chi connectivity index (χ1n) is 7.26. The molecule has 1 aromatic carbocycles. The number of nitrogens with zero attached hydrogens (tertiary/aromatic N) is 4. The van der Waals surface area contributed by atoms with Crippen molar-refractivity contribution in [1.29, 1.82) is 0 Å². The van der Waals surface area contributed by atoms with Crippen LogP contribution in [0.4, 0.5) is 0 Å². The zero-order valence-electron chi connectivity index (χ0n) is 12.7. The van der Waals surface area contributed by atoms with Gasteiger partial charge in [-0.1, -0.05) is 12.1 Å². The summed E-state index contributed by atoms with van der Waals surface area (Å²) in [7, 11) is 1.89. The Morgan fingerprint density at radius 2 is 1.73 bits per heavy atom. The standard InChI is InChI=1S/C16H18N4O2/c1-3-20-12(8-9-17-20)10-18(2)11-19-15(21)13-6-4-5-7-14(13)16(19)22/h4-9H,3,10-11H2,1-2H3. The largest absolute Gasteiger partial charge is 0.283 e. The number of aromatic nitrogens is 2. The molecule has 1 aliphatic rings. The van der Waals surface area contributed by atoms with Gasteiger partial charge in [-0.3, -0.25) is 24.1 Å². The third kappa shape index (κ3) is 2.42. The Kier molecular flexibility index (Phi) is 3.77. The fraction of sp³-hybridized carbons (Fsp3) is 0.312. The van der Waals surface area contributed by atoms with Crippen LogP contribution in [0.1, 0.15) is 33.3 Å². The SMILES string of the molecule is CCn1nccc1CN(C)CN1C(=O)c2ccccc2C1=O. The maximum Gasteiger partial charge on any atom is 0.262 e. The van der Waals surface area contributed by atoms with Crippen molar-refractivity contribution < 1.29 is 9.59 Å². The lowest BCUT2D eigenvalue weighted by Crippen LogP contribution is -2.39. The van der Waals surface area contributed by atoms with Gasteiger partial charge in [0.05, 0.1) is 23.5 Å². The van der Waals surface area contributed by atoms with E-state index in [9.17, 15) is 9.59 Å². The van der Waals surface area contributed by atoms with Crippen molar-refractivity contribution >= 4 is 11.8 Å². The monoisotopic (exact) mass is 298 g/mol. The molecule has 0 fully saturated rings. The summed E-state index contributed by atoms with van der Waals surface area (Å²) in [5, 5.41) is 4.22. The summed E-state index contributed by atoms with van der Waals surface area (Å²) in [6.45, 7) is 3.71. The lowest BCUT2D eigenvalue weighted by atomic mass is 10.1. The molecule has 114 valence electrons. The summed E-state index contributed by atoms with van der Waals surface area (Å²) in [5.41, 5.74) is 2.03. The number of amides is 2. The lowest BCUT2D eigenvalue weighted by molar-refractivity contribution is 0.0557. The van der Waals surface area contributed by atoms with Crippen molar-refractivity contribution in [1.82, 2.24) is 19.6 Å². The molecular formula is C16H18N4O2. The number of hydrogen-bond acceptors (Lipinski definition) is 4. The third-order valence-electron chi connectivity index (χ3n) is 3.80. The maximum atomic E-state index is 12.3. The summed E-state index contributed by atoms with van der Waals surface area (Å²) in [5.74, 6) is -0.451. The van der Waals surface area contributed by atoms with Gasteiger partial charge in [0, 0.05) is 19.3 Å². The zero-order valence-corrected chi connectivity index (χ0v) is 12.7. The molecule has 0 unspecified atom stereocenters. The number of carbonyl (C=O) groups excluding carboxylic acids is 2. The van der Waals surface area contributed by atoms with Gasteiger partial charge in [-0.15, -0.1) is 0 Å². The van der Waals surface area contributed by atoms with Crippen molar-refractivity contribution in [3.8, 4) is 0 Å². The second kappa shape index (κ2) is 5.73. The molecule has 1 aliphatic heterocycles. The minimum Gasteiger partial charge on any atom is -0.283 e. The molecule has 0 atom stereocenters. The van der Waals surface area contributed by atoms with Gasteiger partial charge in [-0.2, -0.15) is 5.10 Å². The second-order valence-electron chi connectivity index (χ2n) is 5.38. The molecule has 0 saturated carbocycles. The highest BCUT2D eigenvalue weighted by molar-refractivity contribution is 6.21. The van der Waals surface area contributed by atoms with E-state index in [-0.39, 0.29) is 18.5 Å². The van der Waals surface area contributed by atoms with Crippen LogP contribution >= 0.6 is 0 Å². The van der Waals surface area contributed by atoms with E-state index < -0.39 is 0 Å². The fourth-order valence-electron chi connectivity index (χ4n) is 2.71. The molecule has 0 radical (unpaired) electrons. The molecule has 0 spiro atoms. The van der Waals surface area contributed by atoms with Gasteiger partial charge < -0.3 is 0 Å². The molecule has 0 aliphatic carbocycles. The van der Waals surface area contributed by atoms with E-state index in [4.69, 9.17) is 0 Å².